The smallest absolute Gasteiger partial charge is 0.271 e. The number of carbonyl (C=O) groups is 2. The van der Waals surface area contributed by atoms with Crippen molar-refractivity contribution in [2.75, 3.05) is 12.3 Å². The van der Waals surface area contributed by atoms with Crippen molar-refractivity contribution in [3.63, 3.8) is 0 Å². The molecule has 1 saturated heterocycles. The van der Waals surface area contributed by atoms with Gasteiger partial charge < -0.3 is 4.90 Å². The van der Waals surface area contributed by atoms with Crippen LogP contribution < -0.4 is 5.43 Å². The van der Waals surface area contributed by atoms with Gasteiger partial charge >= 0.3 is 0 Å². The summed E-state index contributed by atoms with van der Waals surface area (Å²) in [4.78, 5) is 26.8. The number of carbonyl (C=O) groups excluding carboxylic acids is 2. The summed E-state index contributed by atoms with van der Waals surface area (Å²) in [5.74, 6) is 0.487. The summed E-state index contributed by atoms with van der Waals surface area (Å²) >= 11 is 1.64. The van der Waals surface area contributed by atoms with Gasteiger partial charge in [0.25, 0.3) is 5.91 Å². The third-order valence-electron chi connectivity index (χ3n) is 5.66. The predicted octanol–water partition coefficient (Wildman–Crippen LogP) is 4.55. The van der Waals surface area contributed by atoms with Crippen LogP contribution in [0.4, 0.5) is 0 Å². The van der Waals surface area contributed by atoms with Crippen LogP contribution in [0.2, 0.25) is 0 Å². The van der Waals surface area contributed by atoms with E-state index in [1.165, 1.54) is 12.0 Å². The molecule has 2 aliphatic rings. The second-order valence-electron chi connectivity index (χ2n) is 7.79. The van der Waals surface area contributed by atoms with Gasteiger partial charge in [0.1, 0.15) is 5.37 Å². The molecule has 1 aliphatic heterocycles. The monoisotopic (exact) mass is 421 g/mol. The summed E-state index contributed by atoms with van der Waals surface area (Å²) in [7, 11) is 0. The van der Waals surface area contributed by atoms with E-state index in [1.807, 2.05) is 47.4 Å². The Morgan fingerprint density at radius 2 is 1.77 bits per heavy atom. The Labute approximate surface area is 181 Å². The van der Waals surface area contributed by atoms with Crippen LogP contribution in [0.1, 0.15) is 59.0 Å². The van der Waals surface area contributed by atoms with E-state index in [1.54, 1.807) is 11.8 Å². The molecule has 1 heterocycles. The highest BCUT2D eigenvalue weighted by atomic mass is 32.2. The minimum atomic E-state index is -0.185. The van der Waals surface area contributed by atoms with Crippen molar-refractivity contribution in [2.45, 2.75) is 43.9 Å². The van der Waals surface area contributed by atoms with Crippen molar-refractivity contribution in [1.82, 2.24) is 10.3 Å². The second-order valence-corrected chi connectivity index (χ2v) is 8.86. The molecule has 1 N–H and O–H groups in total. The lowest BCUT2D eigenvalue weighted by atomic mass is 9.99. The molecule has 2 amide bonds. The first-order valence-corrected chi connectivity index (χ1v) is 11.7. The number of hydrogen-bond acceptors (Lipinski definition) is 4. The first kappa shape index (κ1) is 20.7. The number of hydrogen-bond donors (Lipinski definition) is 1. The van der Waals surface area contributed by atoms with Gasteiger partial charge in [-0.2, -0.15) is 5.10 Å². The number of amides is 2. The van der Waals surface area contributed by atoms with Gasteiger partial charge in [-0.3, -0.25) is 9.59 Å². The number of nitrogens with one attached hydrogen (secondary N) is 1. The molecule has 0 bridgehead atoms. The molecule has 156 valence electrons. The second kappa shape index (κ2) is 9.94. The van der Waals surface area contributed by atoms with E-state index < -0.39 is 0 Å². The number of benzene rings is 2. The summed E-state index contributed by atoms with van der Waals surface area (Å²) in [6, 6.07) is 17.8. The highest BCUT2D eigenvalue weighted by Crippen LogP contribution is 2.38. The van der Waals surface area contributed by atoms with E-state index in [2.05, 4.69) is 22.7 Å². The fraction of sp³-hybridized carbons (Fsp3) is 0.375. The van der Waals surface area contributed by atoms with Crippen LogP contribution in [0, 0.1) is 0 Å². The van der Waals surface area contributed by atoms with Crippen LogP contribution in [0.15, 0.2) is 59.7 Å². The topological polar surface area (TPSA) is 61.8 Å². The molecule has 1 aliphatic carbocycles. The zero-order valence-corrected chi connectivity index (χ0v) is 17.9. The molecule has 2 fully saturated rings. The van der Waals surface area contributed by atoms with Crippen molar-refractivity contribution in [2.24, 2.45) is 5.10 Å². The maximum atomic E-state index is 12.4. The summed E-state index contributed by atoms with van der Waals surface area (Å²) in [5, 5.41) is 4.30. The van der Waals surface area contributed by atoms with E-state index in [0.717, 1.165) is 43.4 Å². The Morgan fingerprint density at radius 3 is 2.50 bits per heavy atom. The normalized spacial score (nSPS) is 19.1. The summed E-state index contributed by atoms with van der Waals surface area (Å²) in [6.07, 6.45) is 6.35. The standard InChI is InChI=1S/C24H27N3O2S/c28-22-17-30-24(27(22)16-15-18-7-3-1-4-8-18)20-13-11-19(12-14-20)23(29)26-25-21-9-5-2-6-10-21/h1,3-4,7-8,11-14,24H,2,5-6,9-10,15-17H2,(H,26,29)/t24-/m0/s1. The minimum Gasteiger partial charge on any atom is -0.326 e. The molecule has 5 nitrogen and oxygen atoms in total. The van der Waals surface area contributed by atoms with Crippen molar-refractivity contribution in [3.8, 4) is 0 Å². The van der Waals surface area contributed by atoms with Gasteiger partial charge in [-0.05, 0) is 55.4 Å². The van der Waals surface area contributed by atoms with Gasteiger partial charge in [0, 0.05) is 17.8 Å². The van der Waals surface area contributed by atoms with Crippen molar-refractivity contribution in [3.05, 3.63) is 71.3 Å². The Hall–Kier alpha value is -2.60. The van der Waals surface area contributed by atoms with Crippen molar-refractivity contribution >= 4 is 29.3 Å². The lowest BCUT2D eigenvalue weighted by molar-refractivity contribution is -0.128. The van der Waals surface area contributed by atoms with Gasteiger partial charge in [-0.1, -0.05) is 48.9 Å². The van der Waals surface area contributed by atoms with Gasteiger partial charge in [0.15, 0.2) is 0 Å². The van der Waals surface area contributed by atoms with Crippen LogP contribution in [0.5, 0.6) is 0 Å². The Kier molecular flexibility index (Phi) is 6.84. The van der Waals surface area contributed by atoms with E-state index in [-0.39, 0.29) is 17.2 Å². The highest BCUT2D eigenvalue weighted by molar-refractivity contribution is 8.00. The van der Waals surface area contributed by atoms with Gasteiger partial charge in [-0.25, -0.2) is 5.43 Å². The molecule has 30 heavy (non-hydrogen) atoms. The van der Waals surface area contributed by atoms with E-state index in [9.17, 15) is 9.59 Å². The maximum absolute atomic E-state index is 12.4. The zero-order chi connectivity index (χ0) is 20.8. The molecular weight excluding hydrogens is 394 g/mol. The number of nitrogens with zero attached hydrogens (tertiary/aromatic N) is 2. The van der Waals surface area contributed by atoms with Crippen molar-refractivity contribution in [1.29, 1.82) is 0 Å². The fourth-order valence-electron chi connectivity index (χ4n) is 3.93. The van der Waals surface area contributed by atoms with Gasteiger partial charge in [0.05, 0.1) is 5.75 Å². The zero-order valence-electron chi connectivity index (χ0n) is 17.0. The molecule has 0 unspecified atom stereocenters. The third-order valence-corrected chi connectivity index (χ3v) is 6.91. The van der Waals surface area contributed by atoms with Crippen LogP contribution >= 0.6 is 11.8 Å². The molecule has 0 radical (unpaired) electrons. The van der Waals surface area contributed by atoms with Gasteiger partial charge in [0.2, 0.25) is 5.91 Å². The minimum absolute atomic E-state index is 0.000746. The maximum Gasteiger partial charge on any atom is 0.271 e. The predicted molar refractivity (Wildman–Crippen MR) is 121 cm³/mol. The number of hydrazone groups is 1. The SMILES string of the molecule is O=C(NN=C1CCCCC1)c1ccc([C@@H]2SCC(=O)N2CCc2ccccc2)cc1. The largest absolute Gasteiger partial charge is 0.326 e. The van der Waals surface area contributed by atoms with Crippen LogP contribution in [-0.4, -0.2) is 34.7 Å². The summed E-state index contributed by atoms with van der Waals surface area (Å²) in [5.41, 5.74) is 6.64. The van der Waals surface area contributed by atoms with Crippen LogP contribution in [0.3, 0.4) is 0 Å². The van der Waals surface area contributed by atoms with Crippen LogP contribution in [0.25, 0.3) is 0 Å². The number of thioether (sulfide) groups is 1. The summed E-state index contributed by atoms with van der Waals surface area (Å²) in [6.45, 7) is 0.695. The molecule has 0 spiro atoms. The molecular formula is C24H27N3O2S. The van der Waals surface area contributed by atoms with E-state index in [0.29, 0.717) is 17.9 Å². The van der Waals surface area contributed by atoms with Gasteiger partial charge in [-0.15, -0.1) is 11.8 Å². The molecule has 4 rings (SSSR count). The molecule has 1 saturated carbocycles. The van der Waals surface area contributed by atoms with Crippen LogP contribution in [-0.2, 0) is 11.2 Å². The third kappa shape index (κ3) is 5.11. The molecule has 6 heteroatoms. The fourth-order valence-corrected chi connectivity index (χ4v) is 5.15. The Bertz CT molecular complexity index is 904. The first-order chi connectivity index (χ1) is 14.7. The summed E-state index contributed by atoms with van der Waals surface area (Å²) < 4.78 is 0. The average Bonchev–Trinajstić information content (AvgIpc) is 3.18. The molecule has 2 aromatic rings. The number of rotatable bonds is 6. The van der Waals surface area contributed by atoms with E-state index >= 15 is 0 Å². The molecule has 2 aromatic carbocycles. The lowest BCUT2D eigenvalue weighted by Gasteiger charge is -2.24. The Morgan fingerprint density at radius 1 is 1.03 bits per heavy atom. The highest BCUT2D eigenvalue weighted by Gasteiger charge is 2.32. The van der Waals surface area contributed by atoms with Crippen molar-refractivity contribution < 1.29 is 9.59 Å². The lowest BCUT2D eigenvalue weighted by Crippen LogP contribution is -2.30. The quantitative estimate of drug-likeness (QED) is 0.696. The first-order valence-electron chi connectivity index (χ1n) is 10.6. The Balaban J connectivity index is 1.38. The van der Waals surface area contributed by atoms with E-state index in [4.69, 9.17) is 0 Å². The molecule has 0 aromatic heterocycles. The average molecular weight is 422 g/mol. The molecule has 1 atom stereocenters.